The number of carbonyl (C=O) groups excluding carboxylic acids is 2. The van der Waals surface area contributed by atoms with Crippen LogP contribution in [-0.4, -0.2) is 65.4 Å². The van der Waals surface area contributed by atoms with Crippen LogP contribution in [0.4, 0.5) is 0 Å². The highest BCUT2D eigenvalue weighted by molar-refractivity contribution is 7.89. The van der Waals surface area contributed by atoms with Gasteiger partial charge in [0.25, 0.3) is 5.91 Å². The van der Waals surface area contributed by atoms with Gasteiger partial charge < -0.3 is 15.4 Å². The molecule has 0 aliphatic rings. The van der Waals surface area contributed by atoms with E-state index in [1.54, 1.807) is 0 Å². The minimum Gasteiger partial charge on any atom is -0.383 e. The highest BCUT2D eigenvalue weighted by atomic mass is 32.2. The predicted octanol–water partition coefficient (Wildman–Crippen LogP) is -0.571. The molecule has 23 heavy (non-hydrogen) atoms. The van der Waals surface area contributed by atoms with Crippen LogP contribution in [0.25, 0.3) is 0 Å². The fourth-order valence-electron chi connectivity index (χ4n) is 1.63. The molecule has 0 unspecified atom stereocenters. The maximum atomic E-state index is 12.0. The first kappa shape index (κ1) is 19.1. The van der Waals surface area contributed by atoms with Gasteiger partial charge in [0.15, 0.2) is 0 Å². The lowest BCUT2D eigenvalue weighted by Gasteiger charge is -2.12. The summed E-state index contributed by atoms with van der Waals surface area (Å²) in [5, 5.41) is 4.99. The Labute approximate surface area is 135 Å². The number of amides is 2. The van der Waals surface area contributed by atoms with Crippen molar-refractivity contribution in [2.75, 3.05) is 40.9 Å². The lowest BCUT2D eigenvalue weighted by Crippen LogP contribution is -2.38. The van der Waals surface area contributed by atoms with E-state index in [0.717, 1.165) is 4.31 Å². The largest absolute Gasteiger partial charge is 0.383 e. The molecule has 0 saturated heterocycles. The van der Waals surface area contributed by atoms with Crippen molar-refractivity contribution in [1.29, 1.82) is 0 Å². The van der Waals surface area contributed by atoms with Crippen LogP contribution in [0.15, 0.2) is 29.2 Å². The third kappa shape index (κ3) is 5.62. The molecule has 0 aromatic heterocycles. The highest BCUT2D eigenvalue weighted by Crippen LogP contribution is 2.14. The van der Waals surface area contributed by atoms with Crippen LogP contribution in [0.1, 0.15) is 10.4 Å². The van der Waals surface area contributed by atoms with E-state index in [9.17, 15) is 18.0 Å². The fourth-order valence-corrected chi connectivity index (χ4v) is 2.57. The first-order chi connectivity index (χ1) is 10.8. The van der Waals surface area contributed by atoms with Gasteiger partial charge in [-0.05, 0) is 18.2 Å². The molecule has 2 amide bonds. The van der Waals surface area contributed by atoms with E-state index in [0.29, 0.717) is 13.2 Å². The molecule has 0 aliphatic heterocycles. The summed E-state index contributed by atoms with van der Waals surface area (Å²) >= 11 is 0. The Morgan fingerprint density at radius 2 is 1.91 bits per heavy atom. The highest BCUT2D eigenvalue weighted by Gasteiger charge is 2.18. The number of nitrogens with zero attached hydrogens (tertiary/aromatic N) is 1. The Morgan fingerprint density at radius 1 is 1.22 bits per heavy atom. The number of sulfonamides is 1. The van der Waals surface area contributed by atoms with Gasteiger partial charge in [-0.15, -0.1) is 0 Å². The molecular formula is C14H21N3O5S. The normalized spacial score (nSPS) is 11.3. The number of hydrogen-bond acceptors (Lipinski definition) is 5. The van der Waals surface area contributed by atoms with Gasteiger partial charge in [-0.2, -0.15) is 0 Å². The average molecular weight is 343 g/mol. The molecule has 0 bridgehead atoms. The second-order valence-electron chi connectivity index (χ2n) is 4.84. The molecule has 0 atom stereocenters. The number of ether oxygens (including phenoxy) is 1. The van der Waals surface area contributed by atoms with Gasteiger partial charge in [-0.3, -0.25) is 9.59 Å². The second kappa shape index (κ2) is 8.61. The van der Waals surface area contributed by atoms with Crippen molar-refractivity contribution in [2.24, 2.45) is 0 Å². The first-order valence-corrected chi connectivity index (χ1v) is 8.29. The molecule has 1 rings (SSSR count). The van der Waals surface area contributed by atoms with Crippen molar-refractivity contribution < 1.29 is 22.7 Å². The van der Waals surface area contributed by atoms with Crippen molar-refractivity contribution in [3.63, 3.8) is 0 Å². The summed E-state index contributed by atoms with van der Waals surface area (Å²) < 4.78 is 29.9. The summed E-state index contributed by atoms with van der Waals surface area (Å²) in [6, 6.07) is 5.63. The van der Waals surface area contributed by atoms with Gasteiger partial charge in [-0.25, -0.2) is 12.7 Å². The number of rotatable bonds is 8. The van der Waals surface area contributed by atoms with Crippen LogP contribution in [0.3, 0.4) is 0 Å². The van der Waals surface area contributed by atoms with Crippen LogP contribution in [0.2, 0.25) is 0 Å². The van der Waals surface area contributed by atoms with E-state index in [4.69, 9.17) is 4.74 Å². The summed E-state index contributed by atoms with van der Waals surface area (Å²) in [6.07, 6.45) is 0. The smallest absolute Gasteiger partial charge is 0.251 e. The van der Waals surface area contributed by atoms with Crippen molar-refractivity contribution in [3.8, 4) is 0 Å². The molecule has 0 radical (unpaired) electrons. The van der Waals surface area contributed by atoms with Crippen molar-refractivity contribution >= 4 is 21.8 Å². The molecule has 8 nitrogen and oxygen atoms in total. The monoisotopic (exact) mass is 343 g/mol. The lowest BCUT2D eigenvalue weighted by atomic mass is 10.2. The molecule has 1 aromatic carbocycles. The zero-order chi connectivity index (χ0) is 17.5. The van der Waals surface area contributed by atoms with Crippen LogP contribution in [0.5, 0.6) is 0 Å². The van der Waals surface area contributed by atoms with Gasteiger partial charge in [0.2, 0.25) is 15.9 Å². The molecule has 0 saturated carbocycles. The molecular weight excluding hydrogens is 322 g/mol. The molecule has 0 heterocycles. The standard InChI is InChI=1S/C14H21N3O5S/c1-17(2)23(20,21)12-6-4-5-11(9-12)14(19)16-10-13(18)15-7-8-22-3/h4-6,9H,7-8,10H2,1-3H3,(H,15,18)(H,16,19). The maximum Gasteiger partial charge on any atom is 0.251 e. The average Bonchev–Trinajstić information content (AvgIpc) is 2.52. The van der Waals surface area contributed by atoms with Crippen molar-refractivity contribution in [1.82, 2.24) is 14.9 Å². The summed E-state index contributed by atoms with van der Waals surface area (Å²) in [6.45, 7) is 0.527. The molecule has 9 heteroatoms. The zero-order valence-electron chi connectivity index (χ0n) is 13.3. The van der Waals surface area contributed by atoms with E-state index < -0.39 is 15.9 Å². The van der Waals surface area contributed by atoms with Gasteiger partial charge in [-0.1, -0.05) is 6.07 Å². The Morgan fingerprint density at radius 3 is 2.52 bits per heavy atom. The third-order valence-electron chi connectivity index (χ3n) is 2.91. The Hall–Kier alpha value is -1.97. The summed E-state index contributed by atoms with van der Waals surface area (Å²) in [5.74, 6) is -0.879. The summed E-state index contributed by atoms with van der Waals surface area (Å²) in [7, 11) is 0.716. The third-order valence-corrected chi connectivity index (χ3v) is 4.72. The van der Waals surface area contributed by atoms with Crippen LogP contribution in [0, 0.1) is 0 Å². The number of hydrogen-bond donors (Lipinski definition) is 2. The molecule has 2 N–H and O–H groups in total. The SMILES string of the molecule is COCCNC(=O)CNC(=O)c1cccc(S(=O)(=O)N(C)C)c1. The predicted molar refractivity (Wildman–Crippen MR) is 84.5 cm³/mol. The van der Waals surface area contributed by atoms with Gasteiger partial charge >= 0.3 is 0 Å². The van der Waals surface area contributed by atoms with Gasteiger partial charge in [0.05, 0.1) is 18.0 Å². The number of benzene rings is 1. The second-order valence-corrected chi connectivity index (χ2v) is 6.99. The van der Waals surface area contributed by atoms with Crippen molar-refractivity contribution in [3.05, 3.63) is 29.8 Å². The quantitative estimate of drug-likeness (QED) is 0.615. The van der Waals surface area contributed by atoms with Crippen molar-refractivity contribution in [2.45, 2.75) is 4.90 Å². The Bertz CT molecular complexity index is 658. The van der Waals surface area contributed by atoms with E-state index in [-0.39, 0.29) is 22.9 Å². The first-order valence-electron chi connectivity index (χ1n) is 6.85. The molecule has 0 spiro atoms. The maximum absolute atomic E-state index is 12.0. The fraction of sp³-hybridized carbons (Fsp3) is 0.429. The van der Waals surface area contributed by atoms with Gasteiger partial charge in [0.1, 0.15) is 0 Å². The lowest BCUT2D eigenvalue weighted by molar-refractivity contribution is -0.120. The van der Waals surface area contributed by atoms with Gasteiger partial charge in [0, 0.05) is 33.3 Å². The van der Waals surface area contributed by atoms with E-state index in [1.807, 2.05) is 0 Å². The zero-order valence-corrected chi connectivity index (χ0v) is 14.1. The molecule has 0 fully saturated rings. The molecule has 1 aromatic rings. The van der Waals surface area contributed by atoms with E-state index in [1.165, 1.54) is 45.5 Å². The summed E-state index contributed by atoms with van der Waals surface area (Å²) in [5.41, 5.74) is 0.164. The minimum absolute atomic E-state index is 0.0136. The van der Waals surface area contributed by atoms with Crippen LogP contribution in [-0.2, 0) is 19.6 Å². The number of nitrogens with one attached hydrogen (secondary N) is 2. The van der Waals surface area contributed by atoms with E-state index in [2.05, 4.69) is 10.6 Å². The summed E-state index contributed by atoms with van der Waals surface area (Å²) in [4.78, 5) is 23.5. The molecule has 0 aliphatic carbocycles. The topological polar surface area (TPSA) is 105 Å². The minimum atomic E-state index is -3.62. The number of methoxy groups -OCH3 is 1. The molecule has 128 valence electrons. The Balaban J connectivity index is 2.69. The Kier molecular flexibility index (Phi) is 7.14. The van der Waals surface area contributed by atoms with Crippen LogP contribution < -0.4 is 10.6 Å². The van der Waals surface area contributed by atoms with Crippen LogP contribution >= 0.6 is 0 Å². The number of carbonyl (C=O) groups is 2. The van der Waals surface area contributed by atoms with E-state index >= 15 is 0 Å².